The van der Waals surface area contributed by atoms with Crippen LogP contribution in [-0.4, -0.2) is 42.2 Å². The molecule has 1 aliphatic heterocycles. The summed E-state index contributed by atoms with van der Waals surface area (Å²) in [4.78, 5) is 25.4. The number of carbonyl (C=O) groups excluding carboxylic acids is 1. The predicted molar refractivity (Wildman–Crippen MR) is 143 cm³/mol. The molecule has 2 heterocycles. The summed E-state index contributed by atoms with van der Waals surface area (Å²) in [5.41, 5.74) is 3.31. The average molecular weight is 542 g/mol. The van der Waals surface area contributed by atoms with Crippen LogP contribution in [0, 0.1) is 13.8 Å². The molecule has 0 radical (unpaired) electrons. The quantitative estimate of drug-likeness (QED) is 0.376. The zero-order valence-corrected chi connectivity index (χ0v) is 23.0. The summed E-state index contributed by atoms with van der Waals surface area (Å²) in [5.74, 6) is -1.09. The van der Waals surface area contributed by atoms with Crippen LogP contribution in [0.2, 0.25) is 0 Å². The van der Waals surface area contributed by atoms with Gasteiger partial charge in [0, 0.05) is 17.3 Å². The number of carboxylic acid groups (broad SMARTS) is 1. The Morgan fingerprint density at radius 2 is 1.86 bits per heavy atom. The number of fused-ring (bicyclic) bond motifs is 1. The predicted octanol–water partition coefficient (Wildman–Crippen LogP) is 5.54. The summed E-state index contributed by atoms with van der Waals surface area (Å²) in [5, 5.41) is 9.66. The molecule has 9 heteroatoms. The van der Waals surface area contributed by atoms with Gasteiger partial charge in [-0.25, -0.2) is 8.42 Å². The minimum absolute atomic E-state index is 0.0493. The summed E-state index contributed by atoms with van der Waals surface area (Å²) < 4.78 is 34.7. The zero-order chi connectivity index (χ0) is 26.9. The second kappa shape index (κ2) is 10.8. The lowest BCUT2D eigenvalue weighted by Crippen LogP contribution is -2.36. The molecule has 1 unspecified atom stereocenters. The van der Waals surface area contributed by atoms with Crippen molar-refractivity contribution in [2.75, 3.05) is 6.54 Å². The standard InChI is InChI=1S/C28H31NO6S2/c1-5-22-16-29(37(33,34)26-9-7-6-8-24(26)35-22)15-21-13-20(11-10-17(21)2)23(14-27(31)32)25-12-18(3)28(36-25)19(4)30/h6-13,22-23H,5,14-16H2,1-4H3,(H,31,32)/t22-,23?/m1/s1. The number of Topliss-reactive ketones (excluding diaryl/α,β-unsaturated/α-hetero) is 1. The summed E-state index contributed by atoms with van der Waals surface area (Å²) in [6.45, 7) is 7.58. The summed E-state index contributed by atoms with van der Waals surface area (Å²) in [6.07, 6.45) is 0.220. The fraction of sp³-hybridized carbons (Fsp3) is 0.357. The molecule has 0 fully saturated rings. The van der Waals surface area contributed by atoms with Crippen LogP contribution in [0.4, 0.5) is 0 Å². The summed E-state index contributed by atoms with van der Waals surface area (Å²) in [6, 6.07) is 14.3. The van der Waals surface area contributed by atoms with Crippen LogP contribution in [-0.2, 0) is 21.4 Å². The zero-order valence-electron chi connectivity index (χ0n) is 21.4. The second-order valence-electron chi connectivity index (χ2n) is 9.45. The van der Waals surface area contributed by atoms with Gasteiger partial charge >= 0.3 is 5.97 Å². The maximum absolute atomic E-state index is 13.6. The molecule has 2 atom stereocenters. The maximum Gasteiger partial charge on any atom is 0.304 e. The first kappa shape index (κ1) is 27.0. The molecule has 7 nitrogen and oxygen atoms in total. The van der Waals surface area contributed by atoms with E-state index in [0.29, 0.717) is 17.0 Å². The van der Waals surface area contributed by atoms with Gasteiger partial charge in [0.1, 0.15) is 16.7 Å². The highest BCUT2D eigenvalue weighted by Gasteiger charge is 2.34. The van der Waals surface area contributed by atoms with Gasteiger partial charge in [-0.1, -0.05) is 37.3 Å². The minimum Gasteiger partial charge on any atom is -0.488 e. The first-order valence-electron chi connectivity index (χ1n) is 12.2. The van der Waals surface area contributed by atoms with Gasteiger partial charge in [0.2, 0.25) is 10.0 Å². The summed E-state index contributed by atoms with van der Waals surface area (Å²) in [7, 11) is -3.81. The molecule has 4 rings (SSSR count). The van der Waals surface area contributed by atoms with Crippen LogP contribution >= 0.6 is 11.3 Å². The van der Waals surface area contributed by atoms with Crippen molar-refractivity contribution in [3.63, 3.8) is 0 Å². The Morgan fingerprint density at radius 3 is 2.51 bits per heavy atom. The van der Waals surface area contributed by atoms with Crippen molar-refractivity contribution in [3.05, 3.63) is 80.5 Å². The van der Waals surface area contributed by atoms with Gasteiger partial charge in [-0.3, -0.25) is 9.59 Å². The van der Waals surface area contributed by atoms with Gasteiger partial charge in [0.05, 0.1) is 17.8 Å². The minimum atomic E-state index is -3.81. The normalized spacial score (nSPS) is 17.9. The van der Waals surface area contributed by atoms with E-state index in [4.69, 9.17) is 4.74 Å². The fourth-order valence-corrected chi connectivity index (χ4v) is 7.42. The molecular formula is C28H31NO6S2. The highest BCUT2D eigenvalue weighted by atomic mass is 32.2. The number of thiophene rings is 1. The Bertz CT molecular complexity index is 1440. The number of ether oxygens (including phenoxy) is 1. The van der Waals surface area contributed by atoms with Crippen molar-refractivity contribution < 1.29 is 27.9 Å². The number of hydrogen-bond acceptors (Lipinski definition) is 6. The first-order chi connectivity index (χ1) is 17.5. The number of hydrogen-bond donors (Lipinski definition) is 1. The van der Waals surface area contributed by atoms with Gasteiger partial charge in [-0.15, -0.1) is 11.3 Å². The molecule has 0 bridgehead atoms. The van der Waals surface area contributed by atoms with E-state index in [1.54, 1.807) is 24.3 Å². The van der Waals surface area contributed by atoms with E-state index >= 15 is 0 Å². The number of carbonyl (C=O) groups is 2. The van der Waals surface area contributed by atoms with E-state index in [2.05, 4.69) is 0 Å². The molecule has 0 saturated carbocycles. The lowest BCUT2D eigenvalue weighted by atomic mass is 9.91. The monoisotopic (exact) mass is 541 g/mol. The Kier molecular flexibility index (Phi) is 7.87. The number of para-hydroxylation sites is 1. The Hall–Kier alpha value is -3.01. The van der Waals surface area contributed by atoms with Gasteiger partial charge < -0.3 is 9.84 Å². The van der Waals surface area contributed by atoms with E-state index in [1.165, 1.54) is 22.6 Å². The molecule has 1 aliphatic rings. The van der Waals surface area contributed by atoms with Gasteiger partial charge in [0.25, 0.3) is 0 Å². The van der Waals surface area contributed by atoms with Crippen LogP contribution in [0.1, 0.15) is 69.4 Å². The van der Waals surface area contributed by atoms with Crippen molar-refractivity contribution in [1.29, 1.82) is 0 Å². The van der Waals surface area contributed by atoms with Gasteiger partial charge in [0.15, 0.2) is 5.78 Å². The third-order valence-corrected chi connectivity index (χ3v) is 10.0. The highest BCUT2D eigenvalue weighted by Crippen LogP contribution is 2.37. The number of aryl methyl sites for hydroxylation is 2. The van der Waals surface area contributed by atoms with E-state index in [9.17, 15) is 23.1 Å². The van der Waals surface area contributed by atoms with E-state index in [-0.39, 0.29) is 36.3 Å². The molecule has 0 amide bonds. The number of sulfonamides is 1. The third-order valence-electron chi connectivity index (χ3n) is 6.72. The molecule has 0 aliphatic carbocycles. The summed E-state index contributed by atoms with van der Waals surface area (Å²) >= 11 is 1.32. The molecule has 1 aromatic heterocycles. The smallest absolute Gasteiger partial charge is 0.304 e. The fourth-order valence-electron chi connectivity index (χ4n) is 4.66. The highest BCUT2D eigenvalue weighted by molar-refractivity contribution is 7.89. The van der Waals surface area contributed by atoms with Gasteiger partial charge in [-0.05, 0) is 67.6 Å². The molecule has 37 heavy (non-hydrogen) atoms. The van der Waals surface area contributed by atoms with E-state index in [1.807, 2.05) is 45.0 Å². The number of rotatable bonds is 8. The van der Waals surface area contributed by atoms with Crippen LogP contribution in [0.25, 0.3) is 0 Å². The molecule has 0 spiro atoms. The lowest BCUT2D eigenvalue weighted by molar-refractivity contribution is -0.137. The molecule has 196 valence electrons. The van der Waals surface area contributed by atoms with Crippen molar-refractivity contribution in [3.8, 4) is 5.75 Å². The van der Waals surface area contributed by atoms with Crippen LogP contribution in [0.3, 0.4) is 0 Å². The van der Waals surface area contributed by atoms with Crippen molar-refractivity contribution in [1.82, 2.24) is 4.31 Å². The van der Waals surface area contributed by atoms with Crippen LogP contribution < -0.4 is 4.74 Å². The largest absolute Gasteiger partial charge is 0.488 e. The van der Waals surface area contributed by atoms with E-state index < -0.39 is 21.9 Å². The number of benzene rings is 2. The van der Waals surface area contributed by atoms with Crippen LogP contribution in [0.15, 0.2) is 53.4 Å². The number of carboxylic acids is 1. The molecule has 0 saturated heterocycles. The van der Waals surface area contributed by atoms with Crippen molar-refractivity contribution in [2.24, 2.45) is 0 Å². The van der Waals surface area contributed by atoms with E-state index in [0.717, 1.165) is 27.1 Å². The van der Waals surface area contributed by atoms with Crippen molar-refractivity contribution in [2.45, 2.75) is 64.0 Å². The number of ketones is 1. The second-order valence-corrected chi connectivity index (χ2v) is 12.4. The number of aliphatic carboxylic acids is 1. The third kappa shape index (κ3) is 5.63. The Labute approximate surface area is 221 Å². The molecule has 2 aromatic carbocycles. The topological polar surface area (TPSA) is 101 Å². The SMILES string of the molecule is CC[C@@H]1CN(Cc2cc(C(CC(=O)O)c3cc(C)c(C(C)=O)s3)ccc2C)S(=O)(=O)c2ccccc2O1. The van der Waals surface area contributed by atoms with Crippen LogP contribution in [0.5, 0.6) is 5.75 Å². The maximum atomic E-state index is 13.6. The van der Waals surface area contributed by atoms with Crippen molar-refractivity contribution >= 4 is 33.1 Å². The number of nitrogens with zero attached hydrogens (tertiary/aromatic N) is 1. The molecule has 1 N–H and O–H groups in total. The average Bonchev–Trinajstić information content (AvgIpc) is 3.19. The molecule has 3 aromatic rings. The Balaban J connectivity index is 1.74. The lowest BCUT2D eigenvalue weighted by Gasteiger charge is -2.24. The molecular weight excluding hydrogens is 510 g/mol. The van der Waals surface area contributed by atoms with Gasteiger partial charge in [-0.2, -0.15) is 4.31 Å². The Morgan fingerprint density at radius 1 is 1.14 bits per heavy atom. The first-order valence-corrected chi connectivity index (χ1v) is 14.4.